The predicted octanol–water partition coefficient (Wildman–Crippen LogP) is 14.8. The first-order valence-electron chi connectivity index (χ1n) is 22.0. The normalized spacial score (nSPS) is 11.9. The van der Waals surface area contributed by atoms with Crippen LogP contribution in [0.25, 0.3) is 134 Å². The van der Waals surface area contributed by atoms with E-state index < -0.39 is 0 Å². The molecule has 0 aliphatic heterocycles. The molecule has 0 atom stereocenters. The number of aromatic nitrogens is 6. The number of hydrogen-bond acceptors (Lipinski definition) is 6. The van der Waals surface area contributed by atoms with Gasteiger partial charge in [-0.25, -0.2) is 9.97 Å². The summed E-state index contributed by atoms with van der Waals surface area (Å²) in [7, 11) is 0. The minimum atomic E-state index is 0.482. The van der Waals surface area contributed by atoms with Crippen LogP contribution in [-0.4, -0.2) is 29.1 Å². The van der Waals surface area contributed by atoms with Gasteiger partial charge in [-0.15, -0.1) is 0 Å². The van der Waals surface area contributed by atoms with Crippen LogP contribution in [-0.2, 0) is 0 Å². The summed E-state index contributed by atoms with van der Waals surface area (Å²) in [4.78, 5) is 20.8. The highest BCUT2D eigenvalue weighted by molar-refractivity contribution is 6.23. The molecule has 0 unspecified atom stereocenters. The summed E-state index contributed by atoms with van der Waals surface area (Å²) in [6.45, 7) is 0. The van der Waals surface area contributed by atoms with Gasteiger partial charge in [-0.3, -0.25) is 4.57 Å². The van der Waals surface area contributed by atoms with E-state index >= 15 is 0 Å². The van der Waals surface area contributed by atoms with E-state index in [1.54, 1.807) is 0 Å². The second kappa shape index (κ2) is 14.2. The van der Waals surface area contributed by atoms with Crippen molar-refractivity contribution in [1.82, 2.24) is 29.1 Å². The van der Waals surface area contributed by atoms with Crippen molar-refractivity contribution < 1.29 is 8.83 Å². The first kappa shape index (κ1) is 36.4. The molecule has 0 radical (unpaired) electrons. The molecule has 8 nitrogen and oxygen atoms in total. The third-order valence-corrected chi connectivity index (χ3v) is 12.8. The lowest BCUT2D eigenvalue weighted by atomic mass is 10.0. The highest BCUT2D eigenvalue weighted by atomic mass is 16.3. The molecule has 66 heavy (non-hydrogen) atoms. The van der Waals surface area contributed by atoms with Crippen LogP contribution in [0.5, 0.6) is 0 Å². The van der Waals surface area contributed by atoms with E-state index in [0.29, 0.717) is 29.1 Å². The van der Waals surface area contributed by atoms with Crippen LogP contribution < -0.4 is 0 Å². The van der Waals surface area contributed by atoms with Crippen LogP contribution in [0, 0.1) is 0 Å². The highest BCUT2D eigenvalue weighted by Crippen LogP contribution is 2.42. The third kappa shape index (κ3) is 5.52. The largest absolute Gasteiger partial charge is 0.456 e. The molecule has 0 amide bonds. The van der Waals surface area contributed by atoms with Crippen molar-refractivity contribution >= 4 is 76.6 Å². The van der Waals surface area contributed by atoms with Crippen molar-refractivity contribution in [2.75, 3.05) is 0 Å². The van der Waals surface area contributed by atoms with Gasteiger partial charge in [0.15, 0.2) is 17.2 Å². The number of hydrogen-bond donors (Lipinski definition) is 0. The first-order chi connectivity index (χ1) is 32.7. The molecule has 14 aromatic rings. The molecule has 0 aliphatic rings. The molecule has 14 rings (SSSR count). The topological polar surface area (TPSA) is 87.7 Å². The second-order valence-corrected chi connectivity index (χ2v) is 16.6. The Kier molecular flexibility index (Phi) is 7.81. The number of benzene rings is 9. The number of para-hydroxylation sites is 4. The Hall–Kier alpha value is -9.14. The average Bonchev–Trinajstić information content (AvgIpc) is 4.16. The molecule has 0 bridgehead atoms. The van der Waals surface area contributed by atoms with Gasteiger partial charge in [0.1, 0.15) is 16.7 Å². The summed E-state index contributed by atoms with van der Waals surface area (Å²) in [5, 5.41) is 6.69. The van der Waals surface area contributed by atoms with Gasteiger partial charge in [0.25, 0.3) is 0 Å². The van der Waals surface area contributed by atoms with Gasteiger partial charge in [-0.1, -0.05) is 140 Å². The lowest BCUT2D eigenvalue weighted by molar-refractivity contribution is 0.620. The van der Waals surface area contributed by atoms with Crippen molar-refractivity contribution in [1.29, 1.82) is 0 Å². The fourth-order valence-electron chi connectivity index (χ4n) is 9.82. The van der Waals surface area contributed by atoms with Crippen LogP contribution in [0.15, 0.2) is 215 Å². The lowest BCUT2D eigenvalue weighted by Crippen LogP contribution is -2.07. The van der Waals surface area contributed by atoms with E-state index in [-0.39, 0.29) is 0 Å². The number of furan rings is 1. The summed E-state index contributed by atoms with van der Waals surface area (Å²) < 4.78 is 17.3. The Bertz CT molecular complexity index is 4220. The number of rotatable bonds is 6. The first-order valence-corrected chi connectivity index (χ1v) is 22.0. The lowest BCUT2D eigenvalue weighted by Gasteiger charge is -2.13. The molecule has 0 aliphatic carbocycles. The monoisotopic (exact) mass is 846 g/mol. The van der Waals surface area contributed by atoms with Gasteiger partial charge >= 0.3 is 0 Å². The van der Waals surface area contributed by atoms with Crippen LogP contribution in [0.4, 0.5) is 0 Å². The predicted molar refractivity (Wildman–Crippen MR) is 265 cm³/mol. The maximum atomic E-state index is 6.56. The summed E-state index contributed by atoms with van der Waals surface area (Å²) in [5.74, 6) is 2.06. The quantitative estimate of drug-likeness (QED) is 0.166. The summed E-state index contributed by atoms with van der Waals surface area (Å²) in [6.07, 6.45) is 0. The minimum Gasteiger partial charge on any atom is -0.456 e. The smallest absolute Gasteiger partial charge is 0.238 e. The van der Waals surface area contributed by atoms with Crippen LogP contribution in [0.3, 0.4) is 0 Å². The standard InChI is InChI=1S/C58H34N6O2/c1-3-14-36(15-4-1)55-60-56(45-21-13-22-47-54(45)66-57(59-47)37-16-5-2-6-17-37)62-58(61-55)64-49-24-11-8-19-41(49)44-32-31-43-40-18-7-10-23-48(40)63(52(43)53(44)64)39-29-26-35(27-30-39)38-28-33-51-46(34-38)42-20-9-12-25-50(42)65-51/h1-34H. The minimum absolute atomic E-state index is 0.482. The van der Waals surface area contributed by atoms with Gasteiger partial charge in [0.05, 0.1) is 27.6 Å². The van der Waals surface area contributed by atoms with Crippen LogP contribution in [0.2, 0.25) is 0 Å². The second-order valence-electron chi connectivity index (χ2n) is 16.6. The Morgan fingerprint density at radius 2 is 0.955 bits per heavy atom. The van der Waals surface area contributed by atoms with Crippen molar-refractivity contribution in [3.63, 3.8) is 0 Å². The third-order valence-electron chi connectivity index (χ3n) is 12.8. The average molecular weight is 847 g/mol. The van der Waals surface area contributed by atoms with Crippen molar-refractivity contribution in [2.24, 2.45) is 0 Å². The summed E-state index contributed by atoms with van der Waals surface area (Å²) >= 11 is 0. The van der Waals surface area contributed by atoms with Crippen molar-refractivity contribution in [2.45, 2.75) is 0 Å². The number of fused-ring (bicyclic) bond motifs is 11. The Morgan fingerprint density at radius 3 is 1.71 bits per heavy atom. The molecule has 308 valence electrons. The Morgan fingerprint density at radius 1 is 0.348 bits per heavy atom. The maximum absolute atomic E-state index is 6.56. The van der Waals surface area contributed by atoms with Crippen molar-refractivity contribution in [3.05, 3.63) is 206 Å². The molecular formula is C58H34N6O2. The zero-order valence-corrected chi connectivity index (χ0v) is 35.1. The molecule has 0 saturated carbocycles. The Labute approximate surface area is 376 Å². The number of oxazole rings is 1. The maximum Gasteiger partial charge on any atom is 0.238 e. The zero-order chi connectivity index (χ0) is 43.3. The molecular weight excluding hydrogens is 813 g/mol. The molecule has 5 heterocycles. The van der Waals surface area contributed by atoms with Gasteiger partial charge < -0.3 is 13.4 Å². The van der Waals surface area contributed by atoms with Gasteiger partial charge in [0, 0.05) is 49.1 Å². The van der Waals surface area contributed by atoms with Crippen LogP contribution >= 0.6 is 0 Å². The van der Waals surface area contributed by atoms with E-state index in [4.69, 9.17) is 28.8 Å². The Balaban J connectivity index is 1.02. The van der Waals surface area contributed by atoms with Crippen molar-refractivity contribution in [3.8, 4) is 57.0 Å². The molecule has 0 saturated heterocycles. The fourth-order valence-corrected chi connectivity index (χ4v) is 9.82. The molecule has 0 fully saturated rings. The van der Waals surface area contributed by atoms with Gasteiger partial charge in [-0.05, 0) is 77.9 Å². The fraction of sp³-hybridized carbons (Fsp3) is 0. The SMILES string of the molecule is c1ccc(-c2nc(-c3cccc4nc(-c5ccccc5)oc34)nc(-n3c4ccccc4c4ccc5c6ccccc6n(-c6ccc(-c7ccc8oc9ccccc9c8c7)cc6)c5c43)n2)cc1. The number of nitrogens with zero attached hydrogens (tertiary/aromatic N) is 6. The van der Waals surface area contributed by atoms with E-state index in [2.05, 4.69) is 124 Å². The molecule has 5 aromatic heterocycles. The van der Waals surface area contributed by atoms with E-state index in [1.807, 2.05) is 91.0 Å². The molecule has 8 heteroatoms. The van der Waals surface area contributed by atoms with Gasteiger partial charge in [0.2, 0.25) is 11.8 Å². The van der Waals surface area contributed by atoms with Crippen LogP contribution in [0.1, 0.15) is 0 Å². The zero-order valence-electron chi connectivity index (χ0n) is 35.1. The van der Waals surface area contributed by atoms with E-state index in [0.717, 1.165) is 105 Å². The van der Waals surface area contributed by atoms with E-state index in [1.165, 1.54) is 0 Å². The molecule has 0 N–H and O–H groups in total. The highest BCUT2D eigenvalue weighted by Gasteiger charge is 2.25. The summed E-state index contributed by atoms with van der Waals surface area (Å²) in [5.41, 5.74) is 13.0. The van der Waals surface area contributed by atoms with E-state index in [9.17, 15) is 0 Å². The molecule has 0 spiro atoms. The summed E-state index contributed by atoms with van der Waals surface area (Å²) in [6, 6.07) is 71.2. The molecule has 9 aromatic carbocycles. The van der Waals surface area contributed by atoms with Gasteiger partial charge in [-0.2, -0.15) is 9.97 Å².